The number of carbonyl (C=O) groups excluding carboxylic acids is 4. The van der Waals surface area contributed by atoms with E-state index >= 15 is 0 Å². The van der Waals surface area contributed by atoms with Crippen molar-refractivity contribution in [2.45, 2.75) is 199 Å². The van der Waals surface area contributed by atoms with Crippen molar-refractivity contribution in [2.24, 2.45) is 5.73 Å². The van der Waals surface area contributed by atoms with E-state index in [-0.39, 0.29) is 64.4 Å². The number of nitrogens with one attached hydrogen (secondary N) is 2. The maximum atomic E-state index is 12.6. The molecule has 5 aliphatic heterocycles. The number of aromatic carboxylic acids is 1. The molecule has 4 amide bonds. The van der Waals surface area contributed by atoms with E-state index in [1.807, 2.05) is 275 Å². The molecule has 0 spiro atoms. The van der Waals surface area contributed by atoms with Crippen LogP contribution in [0, 0.1) is 0 Å². The van der Waals surface area contributed by atoms with E-state index in [1.54, 1.807) is 72.3 Å². The first-order valence-corrected chi connectivity index (χ1v) is 53.9. The van der Waals surface area contributed by atoms with E-state index in [1.165, 1.54) is 0 Å². The summed E-state index contributed by atoms with van der Waals surface area (Å²) in [5.74, 6) is -0.630. The molecule has 0 saturated carbocycles. The molecule has 0 bridgehead atoms. The number of amides is 4. The SMILES string of the molecule is CC1(C)OB(B2OC(C)(C)C(C)(C)O2)OC1(C)C.CCN(CC)C(=O)c1ccc(-c2cc(Cl)c3cnccc3n2)cc1.CCN(CC)C(=O)c1ccc(-c2cc(NCCCN3CCOCC3)c3cnccc3n2)cc1.CCN(CC)C(=O)c1ccc(B2OC(C)(C)C(C)(C)O2)cc1.CCN(CC)C(=O)c1ccc(Br)cc1.CCNCC.Clc1cc(Cl)c2cnccc2n1.NCCCN1CCOCC1.O=C(O)c1ccc(Br)cc1. The number of carboxylic acids is 1. The highest BCUT2D eigenvalue weighted by Crippen LogP contribution is 2.44. The lowest BCUT2D eigenvalue weighted by Gasteiger charge is -2.32. The van der Waals surface area contributed by atoms with Crippen LogP contribution in [0.4, 0.5) is 5.69 Å². The van der Waals surface area contributed by atoms with Gasteiger partial charge in [0, 0.05) is 186 Å². The molecular weight excluding hydrogens is 2070 g/mol. The Hall–Kier alpha value is -9.53. The van der Waals surface area contributed by atoms with Crippen LogP contribution in [0.3, 0.4) is 0 Å². The summed E-state index contributed by atoms with van der Waals surface area (Å²) in [4.78, 5) is 97.4. The molecule has 11 aromatic rings. The maximum absolute atomic E-state index is 12.6. The molecule has 6 aromatic heterocycles. The fourth-order valence-corrected chi connectivity index (χ4v) is 16.8. The number of ether oxygens (including phenoxy) is 2. The van der Waals surface area contributed by atoms with Crippen molar-refractivity contribution in [3.8, 4) is 22.5 Å². The average molecular weight is 2220 g/mol. The van der Waals surface area contributed by atoms with Crippen LogP contribution in [0.15, 0.2) is 204 Å². The molecule has 29 nitrogen and oxygen atoms in total. The molecule has 5 aliphatic rings. The van der Waals surface area contributed by atoms with Crippen molar-refractivity contribution < 1.29 is 66.5 Å². The quantitative estimate of drug-likeness (QED) is 0.0211. The van der Waals surface area contributed by atoms with Gasteiger partial charge in [-0.1, -0.05) is 117 Å². The number of carbonyl (C=O) groups is 5. The Kier molecular flexibility index (Phi) is 50.2. The zero-order chi connectivity index (χ0) is 109. The van der Waals surface area contributed by atoms with Crippen LogP contribution in [0.2, 0.25) is 15.2 Å². The number of morpholine rings is 2. The summed E-state index contributed by atoms with van der Waals surface area (Å²) in [6, 6.07) is 47.8. The molecule has 798 valence electrons. The summed E-state index contributed by atoms with van der Waals surface area (Å²) in [6.45, 7) is 63.9. The summed E-state index contributed by atoms with van der Waals surface area (Å²) in [7, 11) is -1.34. The van der Waals surface area contributed by atoms with Gasteiger partial charge in [-0.3, -0.25) is 43.9 Å². The topological polar surface area (TPSA) is 326 Å². The van der Waals surface area contributed by atoms with Crippen LogP contribution < -0.4 is 21.8 Å². The van der Waals surface area contributed by atoms with Gasteiger partial charge in [-0.15, -0.1) is 0 Å². The van der Waals surface area contributed by atoms with Crippen LogP contribution in [0.1, 0.15) is 217 Å². The lowest BCUT2D eigenvalue weighted by atomic mass is 9.49. The lowest BCUT2D eigenvalue weighted by molar-refractivity contribution is 0.00578. The van der Waals surface area contributed by atoms with E-state index < -0.39 is 20.0 Å². The summed E-state index contributed by atoms with van der Waals surface area (Å²) in [6.07, 6.45) is 12.5. The van der Waals surface area contributed by atoms with E-state index in [4.69, 9.17) is 88.0 Å². The Morgan fingerprint density at radius 2 is 0.716 bits per heavy atom. The molecule has 37 heteroatoms. The Morgan fingerprint density at radius 3 is 1.06 bits per heavy atom. The van der Waals surface area contributed by atoms with E-state index in [2.05, 4.69) is 97.1 Å². The molecule has 5 fully saturated rings. The predicted octanol–water partition coefficient (Wildman–Crippen LogP) is 21.4. The first-order valence-electron chi connectivity index (χ1n) is 51.2. The Balaban J connectivity index is 0.000000211. The van der Waals surface area contributed by atoms with Crippen LogP contribution in [-0.2, 0) is 37.4 Å². The van der Waals surface area contributed by atoms with Crippen LogP contribution in [0.25, 0.3) is 55.2 Å². The van der Waals surface area contributed by atoms with Crippen LogP contribution in [0.5, 0.6) is 0 Å². The Morgan fingerprint density at radius 1 is 0.405 bits per heavy atom. The largest absolute Gasteiger partial charge is 0.494 e. The fraction of sp³-hybridized carbons (Fsp3) is 0.468. The first-order chi connectivity index (χ1) is 70.4. The minimum atomic E-state index is -0.896. The molecule has 5 N–H and O–H groups in total. The smallest absolute Gasteiger partial charge is 0.478 e. The fourth-order valence-electron chi connectivity index (χ4n) is 15.6. The minimum Gasteiger partial charge on any atom is -0.478 e. The average Bonchev–Trinajstić information content (AvgIpc) is 1.59. The minimum absolute atomic E-state index is 0.0436. The van der Waals surface area contributed by atoms with Crippen LogP contribution >= 0.6 is 66.7 Å². The Labute approximate surface area is 909 Å². The molecule has 16 rings (SSSR count). The molecular formula is C111H151B3Br2Cl3N15O14. The van der Waals surface area contributed by atoms with E-state index in [0.717, 1.165) is 199 Å². The standard InChI is InChI=1S/C26H33N5O2.C19H18ClN3O.C17H26BNO3.C12H24B2O4.C11H14BrNO.C8H4Cl2N2.C7H5BrO2.C7H16N2O.C4H11N/c1-3-31(4-2)26(32)21-8-6-20(7-9-21)24-18-25(22-19-27-12-10-23(22)29-24)28-11-5-13-30-14-16-33-17-15-30;1-3-23(4-2)19(24)14-7-5-13(6-8-14)18-11-16(20)15-12-21-10-9-17(15)22-18;1-7-19(8-2)15(20)13-9-11-14(12-10-13)18-21-16(3,4)17(5,6)22-18;1-9(2)10(3,4)16-13(15-9)14-17-11(5,6)12(7,8)18-14;1-3-13(4-2)11(14)9-5-7-10(12)8-6-9;9-6-3-8(10)12-7-1-2-11-4-5(6)7;8-6-3-1-5(2-4-6)7(9)10;8-2-1-3-9-4-6-10-7-5-9;1-3-5-4-2/h6-10,12,18-19H,3-5,11,13-17H2,1-2H3,(H,28,29);5-12H,3-4H2,1-2H3;9-12H,7-8H2,1-6H3;1-8H3;5-8H,3-4H2,1-2H3;1-4H;1-4H,(H,9,10);1-8H2;5H,3-4H2,1-2H3. The summed E-state index contributed by atoms with van der Waals surface area (Å²) < 4.78 is 48.4. The monoisotopic (exact) mass is 2210 g/mol. The number of anilines is 1. The highest BCUT2D eigenvalue weighted by molar-refractivity contribution is 9.10. The van der Waals surface area contributed by atoms with Gasteiger partial charge in [-0.2, -0.15) is 0 Å². The third kappa shape index (κ3) is 36.1. The van der Waals surface area contributed by atoms with Gasteiger partial charge in [0.25, 0.3) is 23.6 Å². The van der Waals surface area contributed by atoms with Crippen molar-refractivity contribution in [1.82, 2.24) is 64.6 Å². The molecule has 5 saturated heterocycles. The highest BCUT2D eigenvalue weighted by Gasteiger charge is 2.64. The van der Waals surface area contributed by atoms with Gasteiger partial charge in [0.05, 0.1) is 104 Å². The zero-order valence-electron chi connectivity index (χ0n) is 90.3. The number of nitrogens with zero attached hydrogens (tertiary/aromatic N) is 12. The molecule has 0 aliphatic carbocycles. The van der Waals surface area contributed by atoms with E-state index in [0.29, 0.717) is 76.7 Å². The molecule has 0 atom stereocenters. The first kappa shape index (κ1) is 124. The van der Waals surface area contributed by atoms with Crippen molar-refractivity contribution >= 4 is 161 Å². The number of carboxylic acid groups (broad SMARTS) is 1. The number of hydrogen-bond acceptors (Lipinski definition) is 24. The molecule has 0 radical (unpaired) electrons. The second kappa shape index (κ2) is 60.1. The summed E-state index contributed by atoms with van der Waals surface area (Å²) >= 11 is 24.5. The van der Waals surface area contributed by atoms with Crippen molar-refractivity contribution in [3.63, 3.8) is 0 Å². The van der Waals surface area contributed by atoms with Crippen molar-refractivity contribution in [2.75, 3.05) is 150 Å². The number of halogens is 5. The number of benzene rings is 5. The maximum Gasteiger partial charge on any atom is 0.494 e. The molecule has 5 aromatic carbocycles. The van der Waals surface area contributed by atoms with Gasteiger partial charge in [0.15, 0.2) is 0 Å². The number of rotatable bonds is 27. The zero-order valence-corrected chi connectivity index (χ0v) is 95.7. The predicted molar refractivity (Wildman–Crippen MR) is 609 cm³/mol. The highest BCUT2D eigenvalue weighted by atomic mass is 79.9. The van der Waals surface area contributed by atoms with Crippen LogP contribution in [-0.4, -0.2) is 293 Å². The molecule has 0 unspecified atom stereocenters. The third-order valence-corrected chi connectivity index (χ3v) is 28.6. The van der Waals surface area contributed by atoms with Gasteiger partial charge < -0.3 is 78.5 Å². The molecule has 148 heavy (non-hydrogen) atoms. The van der Waals surface area contributed by atoms with Crippen molar-refractivity contribution in [1.29, 1.82) is 0 Å². The van der Waals surface area contributed by atoms with Crippen molar-refractivity contribution in [3.05, 3.63) is 247 Å². The van der Waals surface area contributed by atoms with Gasteiger partial charge in [-0.05, 0) is 311 Å². The normalized spacial score (nSPS) is 15.9. The Bertz CT molecular complexity index is 5890. The molecule has 11 heterocycles. The van der Waals surface area contributed by atoms with Gasteiger partial charge in [0.1, 0.15) is 5.15 Å². The van der Waals surface area contributed by atoms with E-state index in [9.17, 15) is 24.0 Å². The number of fused-ring (bicyclic) bond motifs is 3. The summed E-state index contributed by atoms with van der Waals surface area (Å²) in [5.41, 5.74) is 14.4. The number of hydrogen-bond donors (Lipinski definition) is 4. The second-order valence-electron chi connectivity index (χ2n) is 38.3. The van der Waals surface area contributed by atoms with Gasteiger partial charge in [0.2, 0.25) is 0 Å². The number of aromatic nitrogens is 6. The third-order valence-electron chi connectivity index (χ3n) is 26.7. The summed E-state index contributed by atoms with van der Waals surface area (Å²) in [5, 5.41) is 19.4. The lowest BCUT2D eigenvalue weighted by Crippen LogP contribution is -2.41. The number of nitrogens with two attached hydrogens (primary N) is 1. The second-order valence-corrected chi connectivity index (χ2v) is 41.3. The van der Waals surface area contributed by atoms with Gasteiger partial charge >= 0.3 is 27.1 Å². The number of pyridine rings is 6. The van der Waals surface area contributed by atoms with Gasteiger partial charge in [-0.25, -0.2) is 19.7 Å².